The van der Waals surface area contributed by atoms with Crippen LogP contribution in [0.3, 0.4) is 0 Å². The number of furan rings is 1. The summed E-state index contributed by atoms with van der Waals surface area (Å²) in [6, 6.07) is 5.77. The molecule has 2 aromatic heterocycles. The van der Waals surface area contributed by atoms with Crippen molar-refractivity contribution in [3.8, 4) is 0 Å². The Morgan fingerprint density at radius 1 is 1.53 bits per heavy atom. The smallest absolute Gasteiger partial charge is 0.270 e. The minimum Gasteiger partial charge on any atom is -0.467 e. The van der Waals surface area contributed by atoms with Gasteiger partial charge in [-0.15, -0.1) is 0 Å². The summed E-state index contributed by atoms with van der Waals surface area (Å²) in [5, 5.41) is 0. The number of rotatable bonds is 4. The first-order chi connectivity index (χ1) is 8.99. The van der Waals surface area contributed by atoms with Gasteiger partial charge in [-0.05, 0) is 48.0 Å². The van der Waals surface area contributed by atoms with Crippen molar-refractivity contribution >= 4 is 21.8 Å². The minimum absolute atomic E-state index is 0.0178. The quantitative estimate of drug-likeness (QED) is 0.860. The van der Waals surface area contributed by atoms with Crippen molar-refractivity contribution in [3.63, 3.8) is 0 Å². The first kappa shape index (κ1) is 13.9. The molecule has 2 rings (SSSR count). The molecule has 0 saturated heterocycles. The third-order valence-corrected chi connectivity index (χ3v) is 3.34. The van der Waals surface area contributed by atoms with Crippen LogP contribution < -0.4 is 0 Å². The van der Waals surface area contributed by atoms with Crippen LogP contribution in [0.2, 0.25) is 0 Å². The molecular weight excluding hydrogens is 308 g/mol. The molecule has 0 bridgehead atoms. The van der Waals surface area contributed by atoms with Crippen LogP contribution in [0.4, 0.5) is 0 Å². The Hall–Kier alpha value is -1.49. The van der Waals surface area contributed by atoms with Gasteiger partial charge in [-0.25, -0.2) is 0 Å². The lowest BCUT2D eigenvalue weighted by Gasteiger charge is -2.18. The molecule has 5 heteroatoms. The molecular formula is C14H17BrN2O2. The monoisotopic (exact) mass is 324 g/mol. The van der Waals surface area contributed by atoms with E-state index in [4.69, 9.17) is 4.42 Å². The summed E-state index contributed by atoms with van der Waals surface area (Å²) in [5.41, 5.74) is 0.677. The molecule has 0 N–H and O–H groups in total. The molecule has 0 aromatic carbocycles. The summed E-state index contributed by atoms with van der Waals surface area (Å²) in [6.07, 6.45) is 3.54. The molecule has 4 nitrogen and oxygen atoms in total. The Morgan fingerprint density at radius 2 is 2.26 bits per heavy atom. The van der Waals surface area contributed by atoms with Gasteiger partial charge in [-0.2, -0.15) is 0 Å². The van der Waals surface area contributed by atoms with E-state index >= 15 is 0 Å². The Bertz CT molecular complexity index is 558. The second kappa shape index (κ2) is 5.65. The van der Waals surface area contributed by atoms with Crippen molar-refractivity contribution in [3.05, 3.63) is 46.6 Å². The summed E-state index contributed by atoms with van der Waals surface area (Å²) >= 11 is 3.42. The Balaban J connectivity index is 2.19. The van der Waals surface area contributed by atoms with Crippen molar-refractivity contribution in [2.75, 3.05) is 7.05 Å². The van der Waals surface area contributed by atoms with Gasteiger partial charge < -0.3 is 13.9 Å². The van der Waals surface area contributed by atoms with Crippen LogP contribution in [0, 0.1) is 0 Å². The van der Waals surface area contributed by atoms with E-state index in [-0.39, 0.29) is 11.9 Å². The van der Waals surface area contributed by atoms with Crippen molar-refractivity contribution < 1.29 is 9.21 Å². The van der Waals surface area contributed by atoms with Crippen LogP contribution in [0.25, 0.3) is 0 Å². The topological polar surface area (TPSA) is 38.4 Å². The third-order valence-electron chi connectivity index (χ3n) is 2.91. The molecule has 2 heterocycles. The van der Waals surface area contributed by atoms with E-state index in [1.54, 1.807) is 18.2 Å². The fourth-order valence-electron chi connectivity index (χ4n) is 1.95. The van der Waals surface area contributed by atoms with E-state index in [1.807, 2.05) is 29.0 Å². The van der Waals surface area contributed by atoms with Gasteiger partial charge in [0.25, 0.3) is 5.91 Å². The lowest BCUT2D eigenvalue weighted by atomic mass is 10.3. The summed E-state index contributed by atoms with van der Waals surface area (Å²) < 4.78 is 8.14. The van der Waals surface area contributed by atoms with Crippen molar-refractivity contribution in [1.82, 2.24) is 9.47 Å². The minimum atomic E-state index is -0.0178. The lowest BCUT2D eigenvalue weighted by molar-refractivity contribution is 0.0763. The van der Waals surface area contributed by atoms with Crippen LogP contribution in [-0.2, 0) is 6.54 Å². The highest BCUT2D eigenvalue weighted by Gasteiger charge is 2.19. The average Bonchev–Trinajstić information content (AvgIpc) is 2.97. The number of hydrogen-bond donors (Lipinski definition) is 0. The van der Waals surface area contributed by atoms with Crippen LogP contribution in [-0.4, -0.2) is 22.4 Å². The highest BCUT2D eigenvalue weighted by atomic mass is 79.9. The lowest BCUT2D eigenvalue weighted by Crippen LogP contribution is -2.28. The fraction of sp³-hybridized carbons (Fsp3) is 0.357. The Morgan fingerprint density at radius 3 is 2.84 bits per heavy atom. The van der Waals surface area contributed by atoms with Crippen molar-refractivity contribution in [1.29, 1.82) is 0 Å². The zero-order chi connectivity index (χ0) is 14.0. The second-order valence-corrected chi connectivity index (χ2v) is 5.70. The SMILES string of the molecule is CC(C)n1cc(Br)cc1C(=O)N(C)Cc1ccco1. The van der Waals surface area contributed by atoms with Gasteiger partial charge in [-0.3, -0.25) is 4.79 Å². The Kier molecular flexibility index (Phi) is 4.14. The molecule has 0 aliphatic rings. The second-order valence-electron chi connectivity index (χ2n) is 4.79. The number of hydrogen-bond acceptors (Lipinski definition) is 2. The average molecular weight is 325 g/mol. The molecule has 0 fully saturated rings. The Labute approximate surface area is 121 Å². The van der Waals surface area contributed by atoms with E-state index in [0.717, 1.165) is 10.2 Å². The van der Waals surface area contributed by atoms with Gasteiger partial charge in [0.1, 0.15) is 11.5 Å². The van der Waals surface area contributed by atoms with Crippen molar-refractivity contribution in [2.45, 2.75) is 26.4 Å². The summed E-state index contributed by atoms with van der Waals surface area (Å²) in [7, 11) is 1.77. The maximum atomic E-state index is 12.5. The highest BCUT2D eigenvalue weighted by Crippen LogP contribution is 2.21. The van der Waals surface area contributed by atoms with Gasteiger partial charge in [0.05, 0.1) is 12.8 Å². The number of halogens is 1. The van der Waals surface area contributed by atoms with Crippen LogP contribution in [0.15, 0.2) is 39.5 Å². The first-order valence-electron chi connectivity index (χ1n) is 6.14. The van der Waals surface area contributed by atoms with Gasteiger partial charge in [0.2, 0.25) is 0 Å². The molecule has 0 saturated carbocycles. The largest absolute Gasteiger partial charge is 0.467 e. The van der Waals surface area contributed by atoms with Crippen LogP contribution in [0.1, 0.15) is 36.1 Å². The van der Waals surface area contributed by atoms with Gasteiger partial charge in [-0.1, -0.05) is 0 Å². The number of nitrogens with zero attached hydrogens (tertiary/aromatic N) is 2. The number of carbonyl (C=O) groups excluding carboxylic acids is 1. The molecule has 2 aromatic rings. The molecule has 19 heavy (non-hydrogen) atoms. The van der Waals surface area contributed by atoms with Gasteiger partial charge in [0, 0.05) is 23.8 Å². The summed E-state index contributed by atoms with van der Waals surface area (Å²) in [5.74, 6) is 0.758. The molecule has 102 valence electrons. The maximum Gasteiger partial charge on any atom is 0.270 e. The number of amides is 1. The molecule has 0 unspecified atom stereocenters. The zero-order valence-corrected chi connectivity index (χ0v) is 12.8. The zero-order valence-electron chi connectivity index (χ0n) is 11.3. The molecule has 0 atom stereocenters. The molecule has 0 radical (unpaired) electrons. The fourth-order valence-corrected chi connectivity index (χ4v) is 2.39. The molecule has 0 aliphatic heterocycles. The number of aromatic nitrogens is 1. The van der Waals surface area contributed by atoms with Crippen LogP contribution in [0.5, 0.6) is 0 Å². The van der Waals surface area contributed by atoms with E-state index in [9.17, 15) is 4.79 Å². The molecule has 0 spiro atoms. The maximum absolute atomic E-state index is 12.5. The van der Waals surface area contributed by atoms with Crippen molar-refractivity contribution in [2.24, 2.45) is 0 Å². The van der Waals surface area contributed by atoms with Gasteiger partial charge >= 0.3 is 0 Å². The van der Waals surface area contributed by atoms with E-state index < -0.39 is 0 Å². The predicted molar refractivity (Wildman–Crippen MR) is 77.0 cm³/mol. The van der Waals surface area contributed by atoms with Gasteiger partial charge in [0.15, 0.2) is 0 Å². The van der Waals surface area contributed by atoms with E-state index in [0.29, 0.717) is 12.2 Å². The third kappa shape index (κ3) is 3.10. The summed E-state index contributed by atoms with van der Waals surface area (Å²) in [4.78, 5) is 14.1. The standard InChI is InChI=1S/C14H17BrN2O2/c1-10(2)17-8-11(15)7-13(17)14(18)16(3)9-12-5-4-6-19-12/h4-8,10H,9H2,1-3H3. The molecule has 0 aliphatic carbocycles. The highest BCUT2D eigenvalue weighted by molar-refractivity contribution is 9.10. The predicted octanol–water partition coefficient (Wildman–Crippen LogP) is 3.70. The normalized spacial score (nSPS) is 11.0. The molecule has 1 amide bonds. The van der Waals surface area contributed by atoms with Crippen LogP contribution >= 0.6 is 15.9 Å². The number of carbonyl (C=O) groups is 1. The first-order valence-corrected chi connectivity index (χ1v) is 6.93. The van der Waals surface area contributed by atoms with E-state index in [1.165, 1.54) is 0 Å². The summed E-state index contributed by atoms with van der Waals surface area (Å²) in [6.45, 7) is 4.57. The van der Waals surface area contributed by atoms with E-state index in [2.05, 4.69) is 29.8 Å².